The van der Waals surface area contributed by atoms with Crippen molar-refractivity contribution >= 4 is 29.3 Å². The zero-order chi connectivity index (χ0) is 24.7. The highest BCUT2D eigenvalue weighted by Crippen LogP contribution is 2.41. The molecule has 9 heteroatoms. The fourth-order valence-corrected chi connectivity index (χ4v) is 5.22. The molecule has 5 rings (SSSR count). The third-order valence-electron chi connectivity index (χ3n) is 7.00. The Morgan fingerprint density at radius 1 is 1.11 bits per heavy atom. The summed E-state index contributed by atoms with van der Waals surface area (Å²) >= 11 is 0. The first-order valence-electron chi connectivity index (χ1n) is 11.5. The smallest absolute Gasteiger partial charge is 0.339 e. The molecule has 0 radical (unpaired) electrons. The Hall–Kier alpha value is -3.88. The molecule has 0 aromatic heterocycles. The first-order valence-corrected chi connectivity index (χ1v) is 11.5. The van der Waals surface area contributed by atoms with Crippen molar-refractivity contribution in [3.8, 4) is 11.5 Å². The van der Waals surface area contributed by atoms with Crippen molar-refractivity contribution < 1.29 is 33.4 Å². The van der Waals surface area contributed by atoms with Gasteiger partial charge in [0.25, 0.3) is 0 Å². The molecule has 3 aliphatic rings. The summed E-state index contributed by atoms with van der Waals surface area (Å²) in [6.07, 6.45) is 0.769. The summed E-state index contributed by atoms with van der Waals surface area (Å²) in [6.45, 7) is 0.908. The summed E-state index contributed by atoms with van der Waals surface area (Å²) in [5.41, 5.74) is 0.432. The number of nitrogens with zero attached hydrogens (tertiary/aromatic N) is 2. The van der Waals surface area contributed by atoms with Crippen LogP contribution >= 0.6 is 0 Å². The van der Waals surface area contributed by atoms with E-state index in [4.69, 9.17) is 14.2 Å². The van der Waals surface area contributed by atoms with Crippen molar-refractivity contribution in [1.29, 1.82) is 0 Å². The number of carbonyl (C=O) groups excluding carboxylic acids is 4. The van der Waals surface area contributed by atoms with Gasteiger partial charge in [0, 0.05) is 25.9 Å². The lowest BCUT2D eigenvalue weighted by Crippen LogP contribution is -2.46. The molecule has 2 unspecified atom stereocenters. The molecule has 2 aromatic rings. The van der Waals surface area contributed by atoms with Crippen LogP contribution in [-0.4, -0.2) is 67.9 Å². The Morgan fingerprint density at radius 3 is 2.69 bits per heavy atom. The molecule has 35 heavy (non-hydrogen) atoms. The molecule has 0 N–H and O–H groups in total. The van der Waals surface area contributed by atoms with Gasteiger partial charge in [-0.05, 0) is 30.3 Å². The van der Waals surface area contributed by atoms with Crippen molar-refractivity contribution in [2.75, 3.05) is 38.8 Å². The quantitative estimate of drug-likeness (QED) is 0.622. The summed E-state index contributed by atoms with van der Waals surface area (Å²) in [4.78, 5) is 54.4. The maximum Gasteiger partial charge on any atom is 0.339 e. The average molecular weight is 479 g/mol. The molecule has 0 aliphatic carbocycles. The fourth-order valence-electron chi connectivity index (χ4n) is 5.22. The summed E-state index contributed by atoms with van der Waals surface area (Å²) in [6, 6.07) is 11.8. The topological polar surface area (TPSA) is 102 Å². The van der Waals surface area contributed by atoms with E-state index in [0.29, 0.717) is 35.7 Å². The number of rotatable bonds is 4. The molecule has 0 saturated carbocycles. The third-order valence-corrected chi connectivity index (χ3v) is 7.00. The third kappa shape index (κ3) is 4.00. The number of fused-ring (bicyclic) bond motifs is 1. The number of Topliss-reactive ketones (excluding diaryl/α,β-unsaturated/α-hetero) is 1. The van der Waals surface area contributed by atoms with Gasteiger partial charge >= 0.3 is 5.97 Å². The van der Waals surface area contributed by atoms with Crippen LogP contribution in [0.25, 0.3) is 0 Å². The highest BCUT2D eigenvalue weighted by Gasteiger charge is 2.49. The van der Waals surface area contributed by atoms with Crippen LogP contribution in [0.1, 0.15) is 40.0 Å². The SMILES string of the molecule is COC(=O)c1ccccc1N1CC(C(=O)N2CCC3(CC(=O)c4cc(OC)ccc4O3)C2)CC1=O. The van der Waals surface area contributed by atoms with Crippen molar-refractivity contribution in [3.63, 3.8) is 0 Å². The van der Waals surface area contributed by atoms with Gasteiger partial charge in [0.1, 0.15) is 17.1 Å². The van der Waals surface area contributed by atoms with E-state index >= 15 is 0 Å². The molecule has 9 nitrogen and oxygen atoms in total. The van der Waals surface area contributed by atoms with Crippen molar-refractivity contribution in [2.45, 2.75) is 24.9 Å². The number of esters is 1. The molecule has 3 heterocycles. The number of methoxy groups -OCH3 is 2. The van der Waals surface area contributed by atoms with E-state index in [1.165, 1.54) is 12.0 Å². The average Bonchev–Trinajstić information content (AvgIpc) is 3.46. The molecule has 0 bridgehead atoms. The Balaban J connectivity index is 1.30. The van der Waals surface area contributed by atoms with Crippen molar-refractivity contribution in [2.24, 2.45) is 5.92 Å². The van der Waals surface area contributed by atoms with Crippen LogP contribution in [0, 0.1) is 5.92 Å². The van der Waals surface area contributed by atoms with Gasteiger partial charge in [-0.25, -0.2) is 4.79 Å². The minimum atomic E-state index is -0.770. The van der Waals surface area contributed by atoms with Crippen LogP contribution in [0.4, 0.5) is 5.69 Å². The fraction of sp³-hybridized carbons (Fsp3) is 0.385. The second-order valence-corrected chi connectivity index (χ2v) is 9.17. The zero-order valence-corrected chi connectivity index (χ0v) is 19.6. The predicted molar refractivity (Wildman–Crippen MR) is 125 cm³/mol. The number of para-hydroxylation sites is 1. The normalized spacial score (nSPS) is 23.3. The van der Waals surface area contributed by atoms with Crippen LogP contribution in [-0.2, 0) is 14.3 Å². The summed E-state index contributed by atoms with van der Waals surface area (Å²) in [5.74, 6) is -0.408. The molecule has 182 valence electrons. The summed E-state index contributed by atoms with van der Waals surface area (Å²) < 4.78 is 16.3. The van der Waals surface area contributed by atoms with Crippen LogP contribution in [0.2, 0.25) is 0 Å². The van der Waals surface area contributed by atoms with Gasteiger partial charge in [0.15, 0.2) is 5.78 Å². The number of hydrogen-bond donors (Lipinski definition) is 0. The Labute approximate surface area is 202 Å². The number of anilines is 1. The van der Waals surface area contributed by atoms with Gasteiger partial charge in [-0.2, -0.15) is 0 Å². The number of ether oxygens (including phenoxy) is 3. The van der Waals surface area contributed by atoms with Gasteiger partial charge in [0.2, 0.25) is 11.8 Å². The second kappa shape index (κ2) is 8.72. The van der Waals surface area contributed by atoms with Crippen molar-refractivity contribution in [3.05, 3.63) is 53.6 Å². The minimum absolute atomic E-state index is 0.0407. The minimum Gasteiger partial charge on any atom is -0.497 e. The first kappa shape index (κ1) is 22.9. The lowest BCUT2D eigenvalue weighted by molar-refractivity contribution is -0.135. The van der Waals surface area contributed by atoms with E-state index in [1.807, 2.05) is 0 Å². The number of amides is 2. The molecule has 2 amide bonds. The van der Waals surface area contributed by atoms with E-state index in [2.05, 4.69) is 0 Å². The molecular weight excluding hydrogens is 452 g/mol. The largest absolute Gasteiger partial charge is 0.497 e. The van der Waals surface area contributed by atoms with E-state index in [9.17, 15) is 19.2 Å². The van der Waals surface area contributed by atoms with Crippen LogP contribution in [0.5, 0.6) is 11.5 Å². The van der Waals surface area contributed by atoms with E-state index < -0.39 is 17.5 Å². The number of likely N-dealkylation sites (tertiary alicyclic amines) is 1. The lowest BCUT2D eigenvalue weighted by atomic mass is 9.89. The van der Waals surface area contributed by atoms with E-state index in [-0.39, 0.29) is 49.1 Å². The van der Waals surface area contributed by atoms with Gasteiger partial charge in [0.05, 0.1) is 49.9 Å². The Kier molecular flexibility index (Phi) is 5.70. The highest BCUT2D eigenvalue weighted by molar-refractivity contribution is 6.06. The Bertz CT molecular complexity index is 1230. The van der Waals surface area contributed by atoms with Crippen LogP contribution in [0.3, 0.4) is 0 Å². The Morgan fingerprint density at radius 2 is 1.91 bits per heavy atom. The van der Waals surface area contributed by atoms with Gasteiger partial charge in [-0.15, -0.1) is 0 Å². The van der Waals surface area contributed by atoms with Crippen LogP contribution in [0.15, 0.2) is 42.5 Å². The molecular formula is C26H26N2O7. The second-order valence-electron chi connectivity index (χ2n) is 9.17. The number of hydrogen-bond acceptors (Lipinski definition) is 7. The predicted octanol–water partition coefficient (Wildman–Crippen LogP) is 2.47. The highest BCUT2D eigenvalue weighted by atomic mass is 16.5. The molecule has 2 saturated heterocycles. The molecule has 2 atom stereocenters. The van der Waals surface area contributed by atoms with Crippen molar-refractivity contribution in [1.82, 2.24) is 4.90 Å². The molecule has 2 fully saturated rings. The maximum atomic E-state index is 13.4. The maximum absolute atomic E-state index is 13.4. The van der Waals surface area contributed by atoms with Crippen LogP contribution < -0.4 is 14.4 Å². The van der Waals surface area contributed by atoms with E-state index in [0.717, 1.165) is 0 Å². The lowest BCUT2D eigenvalue weighted by Gasteiger charge is -2.35. The summed E-state index contributed by atoms with van der Waals surface area (Å²) in [5, 5.41) is 0. The van der Waals surface area contributed by atoms with Gasteiger partial charge < -0.3 is 24.0 Å². The molecule has 3 aliphatic heterocycles. The monoisotopic (exact) mass is 478 g/mol. The first-order chi connectivity index (χ1) is 16.8. The van der Waals surface area contributed by atoms with Gasteiger partial charge in [-0.3, -0.25) is 14.4 Å². The number of carbonyl (C=O) groups is 4. The number of benzene rings is 2. The van der Waals surface area contributed by atoms with Gasteiger partial charge in [-0.1, -0.05) is 12.1 Å². The molecule has 2 aromatic carbocycles. The number of ketones is 1. The zero-order valence-electron chi connectivity index (χ0n) is 19.6. The standard InChI is InChI=1S/C26H26N2O7/c1-33-17-7-8-22-19(12-17)21(29)13-26(35-22)9-10-27(15-26)24(31)16-11-23(30)28(14-16)20-6-4-3-5-18(20)25(32)34-2/h3-8,12,16H,9-11,13-15H2,1-2H3. The van der Waals surface area contributed by atoms with E-state index in [1.54, 1.807) is 54.5 Å². The molecule has 1 spiro atoms. The summed E-state index contributed by atoms with van der Waals surface area (Å²) in [7, 11) is 2.83.